The molecule has 172 valence electrons. The molecule has 0 saturated carbocycles. The molecule has 3 rings (SSSR count). The van der Waals surface area contributed by atoms with Crippen molar-refractivity contribution in [2.45, 2.75) is 6.92 Å². The van der Waals surface area contributed by atoms with E-state index in [1.54, 1.807) is 36.6 Å². The van der Waals surface area contributed by atoms with Crippen LogP contribution in [0.3, 0.4) is 0 Å². The molecule has 3 aromatic carbocycles. The average molecular weight is 453 g/mol. The molecule has 2 N–H and O–H groups in total. The van der Waals surface area contributed by atoms with Gasteiger partial charge >= 0.3 is 0 Å². The van der Waals surface area contributed by atoms with Crippen LogP contribution in [0, 0.1) is 0 Å². The van der Waals surface area contributed by atoms with Crippen LogP contribution in [0.4, 0.5) is 5.69 Å². The van der Waals surface area contributed by atoms with Crippen molar-refractivity contribution in [1.29, 1.82) is 0 Å². The van der Waals surface area contributed by atoms with Crippen molar-refractivity contribution in [3.63, 3.8) is 0 Å². The first-order valence-electron chi connectivity index (χ1n) is 10.8. The summed E-state index contributed by atoms with van der Waals surface area (Å²) in [5.41, 5.74) is 6.75. The molecular weight excluding hydrogens is 424 g/mol. The molecule has 0 aliphatic rings. The second-order valence-corrected chi connectivity index (χ2v) is 7.86. The quantitative estimate of drug-likeness (QED) is 0.295. The zero-order chi connectivity index (χ0) is 24.3. The summed E-state index contributed by atoms with van der Waals surface area (Å²) in [7, 11) is 3.91. The Labute approximate surface area is 200 Å². The van der Waals surface area contributed by atoms with Crippen molar-refractivity contribution in [1.82, 2.24) is 10.7 Å². The fourth-order valence-electron chi connectivity index (χ4n) is 3.08. The molecular formula is C28H28N4O2. The zero-order valence-corrected chi connectivity index (χ0v) is 19.5. The fourth-order valence-corrected chi connectivity index (χ4v) is 3.08. The number of allylic oxidation sites excluding steroid dienone is 1. The van der Waals surface area contributed by atoms with Crippen molar-refractivity contribution in [3.05, 3.63) is 113 Å². The Kier molecular flexibility index (Phi) is 8.52. The molecule has 0 unspecified atom stereocenters. The highest BCUT2D eigenvalue weighted by Gasteiger charge is 2.14. The SMILES string of the molecule is C/C(C=NNC(=O)/C(=C/c1ccc(N(C)C)cc1)NC(=O)c1ccccc1)=C/c1ccccc1. The van der Waals surface area contributed by atoms with Gasteiger partial charge in [0.1, 0.15) is 5.70 Å². The van der Waals surface area contributed by atoms with Crippen LogP contribution in [-0.2, 0) is 4.79 Å². The number of carbonyl (C=O) groups excluding carboxylic acids is 2. The number of hydrogen-bond acceptors (Lipinski definition) is 4. The maximum atomic E-state index is 12.9. The van der Waals surface area contributed by atoms with Gasteiger partial charge in [-0.15, -0.1) is 0 Å². The van der Waals surface area contributed by atoms with Gasteiger partial charge in [-0.25, -0.2) is 5.43 Å². The lowest BCUT2D eigenvalue weighted by Crippen LogP contribution is -2.32. The highest BCUT2D eigenvalue weighted by molar-refractivity contribution is 6.05. The predicted octanol–water partition coefficient (Wildman–Crippen LogP) is 4.73. The number of carbonyl (C=O) groups is 2. The number of nitrogens with one attached hydrogen (secondary N) is 2. The maximum absolute atomic E-state index is 12.9. The van der Waals surface area contributed by atoms with Gasteiger partial charge in [-0.1, -0.05) is 66.7 Å². The van der Waals surface area contributed by atoms with Crippen molar-refractivity contribution in [3.8, 4) is 0 Å². The van der Waals surface area contributed by atoms with E-state index in [2.05, 4.69) is 15.8 Å². The third kappa shape index (κ3) is 7.31. The minimum absolute atomic E-state index is 0.0910. The molecule has 0 saturated heterocycles. The van der Waals surface area contributed by atoms with Gasteiger partial charge in [-0.3, -0.25) is 9.59 Å². The third-order valence-corrected chi connectivity index (χ3v) is 4.88. The van der Waals surface area contributed by atoms with E-state index in [1.807, 2.05) is 92.7 Å². The Bertz CT molecular complexity index is 1200. The molecule has 0 aliphatic heterocycles. The van der Waals surface area contributed by atoms with E-state index in [4.69, 9.17) is 0 Å². The van der Waals surface area contributed by atoms with Gasteiger partial charge in [-0.2, -0.15) is 5.10 Å². The molecule has 6 heteroatoms. The standard InChI is InChI=1S/C28H28N4O2/c1-21(18-22-10-6-4-7-11-22)20-29-31-28(34)26(30-27(33)24-12-8-5-9-13-24)19-23-14-16-25(17-15-23)32(2)3/h4-20H,1-3H3,(H,30,33)(H,31,34)/b21-18-,26-19-,29-20?. The lowest BCUT2D eigenvalue weighted by molar-refractivity contribution is -0.117. The molecule has 0 atom stereocenters. The first-order valence-corrected chi connectivity index (χ1v) is 10.8. The van der Waals surface area contributed by atoms with Gasteiger partial charge in [0.25, 0.3) is 11.8 Å². The maximum Gasteiger partial charge on any atom is 0.287 e. The summed E-state index contributed by atoms with van der Waals surface area (Å²) in [6.45, 7) is 1.89. The molecule has 0 heterocycles. The van der Waals surface area contributed by atoms with Gasteiger partial charge in [0.15, 0.2) is 0 Å². The summed E-state index contributed by atoms with van der Waals surface area (Å²) in [5.74, 6) is -0.902. The van der Waals surface area contributed by atoms with Gasteiger partial charge in [0, 0.05) is 25.3 Å². The van der Waals surface area contributed by atoms with Crippen molar-refractivity contribution in [2.75, 3.05) is 19.0 Å². The van der Waals surface area contributed by atoms with E-state index in [1.165, 1.54) is 0 Å². The lowest BCUT2D eigenvalue weighted by atomic mass is 10.1. The second kappa shape index (κ2) is 12.0. The summed E-state index contributed by atoms with van der Waals surface area (Å²) < 4.78 is 0. The highest BCUT2D eigenvalue weighted by atomic mass is 16.2. The first kappa shape index (κ1) is 24.2. The molecule has 2 amide bonds. The number of rotatable bonds is 8. The molecule has 0 radical (unpaired) electrons. The first-order chi connectivity index (χ1) is 16.4. The van der Waals surface area contributed by atoms with Crippen LogP contribution in [-0.4, -0.2) is 32.1 Å². The van der Waals surface area contributed by atoms with Crippen LogP contribution in [0.2, 0.25) is 0 Å². The molecule has 34 heavy (non-hydrogen) atoms. The monoisotopic (exact) mass is 452 g/mol. The van der Waals surface area contributed by atoms with Crippen LogP contribution in [0.25, 0.3) is 12.2 Å². The topological polar surface area (TPSA) is 73.8 Å². The van der Waals surface area contributed by atoms with Gasteiger partial charge in [0.05, 0.1) is 6.21 Å². The van der Waals surface area contributed by atoms with E-state index >= 15 is 0 Å². The third-order valence-electron chi connectivity index (χ3n) is 4.88. The number of hydrazone groups is 1. The largest absolute Gasteiger partial charge is 0.378 e. The Hall–Kier alpha value is -4.45. The Morgan fingerprint density at radius 3 is 2.00 bits per heavy atom. The van der Waals surface area contributed by atoms with Crippen molar-refractivity contribution in [2.24, 2.45) is 5.10 Å². The fraction of sp³-hybridized carbons (Fsp3) is 0.107. The van der Waals surface area contributed by atoms with Gasteiger partial charge in [0.2, 0.25) is 0 Å². The van der Waals surface area contributed by atoms with Crippen LogP contribution < -0.4 is 15.6 Å². The molecule has 0 fully saturated rings. The van der Waals surface area contributed by atoms with Crippen LogP contribution in [0.5, 0.6) is 0 Å². The molecule has 6 nitrogen and oxygen atoms in total. The van der Waals surface area contributed by atoms with E-state index in [0.717, 1.165) is 22.4 Å². The van der Waals surface area contributed by atoms with E-state index < -0.39 is 5.91 Å². The molecule has 0 spiro atoms. The summed E-state index contributed by atoms with van der Waals surface area (Å²) >= 11 is 0. The summed E-state index contributed by atoms with van der Waals surface area (Å²) in [6, 6.07) is 26.2. The van der Waals surface area contributed by atoms with E-state index in [0.29, 0.717) is 5.56 Å². The number of amides is 2. The number of benzene rings is 3. The van der Waals surface area contributed by atoms with E-state index in [-0.39, 0.29) is 11.6 Å². The van der Waals surface area contributed by atoms with Crippen LogP contribution >= 0.6 is 0 Å². The minimum Gasteiger partial charge on any atom is -0.378 e. The molecule has 3 aromatic rings. The van der Waals surface area contributed by atoms with Gasteiger partial charge in [-0.05, 0) is 54.0 Å². The Morgan fingerprint density at radius 2 is 1.38 bits per heavy atom. The summed E-state index contributed by atoms with van der Waals surface area (Å²) in [6.07, 6.45) is 5.14. The number of anilines is 1. The zero-order valence-electron chi connectivity index (χ0n) is 19.5. The number of nitrogens with zero attached hydrogens (tertiary/aromatic N) is 2. The summed E-state index contributed by atoms with van der Waals surface area (Å²) in [5, 5.41) is 6.76. The predicted molar refractivity (Wildman–Crippen MR) is 139 cm³/mol. The van der Waals surface area contributed by atoms with Crippen LogP contribution in [0.15, 0.2) is 101 Å². The average Bonchev–Trinajstić information content (AvgIpc) is 2.85. The van der Waals surface area contributed by atoms with Gasteiger partial charge < -0.3 is 10.2 Å². The van der Waals surface area contributed by atoms with Crippen molar-refractivity contribution < 1.29 is 9.59 Å². The molecule has 0 bridgehead atoms. The smallest absolute Gasteiger partial charge is 0.287 e. The minimum atomic E-state index is -0.523. The highest BCUT2D eigenvalue weighted by Crippen LogP contribution is 2.14. The second-order valence-electron chi connectivity index (χ2n) is 7.86. The Morgan fingerprint density at radius 1 is 0.794 bits per heavy atom. The summed E-state index contributed by atoms with van der Waals surface area (Å²) in [4.78, 5) is 27.6. The lowest BCUT2D eigenvalue weighted by Gasteiger charge is -2.12. The van der Waals surface area contributed by atoms with Crippen molar-refractivity contribution >= 4 is 35.9 Å². The van der Waals surface area contributed by atoms with Crippen LogP contribution in [0.1, 0.15) is 28.4 Å². The normalized spacial score (nSPS) is 11.9. The molecule has 0 aliphatic carbocycles. The Balaban J connectivity index is 1.78. The number of hydrogen-bond donors (Lipinski definition) is 2. The van der Waals surface area contributed by atoms with E-state index in [9.17, 15) is 9.59 Å². The molecule has 0 aromatic heterocycles.